The topological polar surface area (TPSA) is 70.7 Å². The summed E-state index contributed by atoms with van der Waals surface area (Å²) in [6.07, 6.45) is 1.34. The minimum absolute atomic E-state index is 0.156. The fourth-order valence-electron chi connectivity index (χ4n) is 0.694. The van der Waals surface area contributed by atoms with Crippen molar-refractivity contribution in [1.82, 2.24) is 15.2 Å². The molecular formula is C8H12N4O. The molecule has 0 bridgehead atoms. The third-order valence-electron chi connectivity index (χ3n) is 1.74. The fourth-order valence-corrected chi connectivity index (χ4v) is 0.694. The van der Waals surface area contributed by atoms with E-state index in [0.717, 1.165) is 5.57 Å². The Bertz CT molecular complexity index is 322. The molecule has 5 nitrogen and oxygen atoms in total. The van der Waals surface area contributed by atoms with Gasteiger partial charge in [0.1, 0.15) is 6.33 Å². The molecule has 2 N–H and O–H groups in total. The summed E-state index contributed by atoms with van der Waals surface area (Å²) in [7, 11) is 0. The first-order chi connectivity index (χ1) is 6.11. The van der Waals surface area contributed by atoms with Crippen molar-refractivity contribution < 1.29 is 4.79 Å². The number of aromatic nitrogens is 3. The van der Waals surface area contributed by atoms with E-state index in [0.29, 0.717) is 11.5 Å². The van der Waals surface area contributed by atoms with Gasteiger partial charge in [0.2, 0.25) is 5.95 Å². The van der Waals surface area contributed by atoms with E-state index in [1.165, 1.54) is 6.33 Å². The Morgan fingerprint density at radius 3 is 2.62 bits per heavy atom. The number of hydrogen-bond donors (Lipinski definition) is 2. The largest absolute Gasteiger partial charge is 0.291 e. The number of H-pyrrole nitrogens is 1. The van der Waals surface area contributed by atoms with Crippen molar-refractivity contribution in [2.45, 2.75) is 20.8 Å². The Kier molecular flexibility index (Phi) is 2.79. The van der Waals surface area contributed by atoms with Crippen molar-refractivity contribution in [2.24, 2.45) is 0 Å². The van der Waals surface area contributed by atoms with Crippen LogP contribution in [0.25, 0.3) is 0 Å². The second-order valence-electron chi connectivity index (χ2n) is 2.91. The first-order valence-corrected chi connectivity index (χ1v) is 3.92. The number of rotatable bonds is 2. The van der Waals surface area contributed by atoms with Crippen LogP contribution in [0.3, 0.4) is 0 Å². The summed E-state index contributed by atoms with van der Waals surface area (Å²) >= 11 is 0. The average Bonchev–Trinajstić information content (AvgIpc) is 2.55. The number of allylic oxidation sites excluding steroid dienone is 1. The molecule has 0 fully saturated rings. The lowest BCUT2D eigenvalue weighted by molar-refractivity contribution is -0.112. The minimum Gasteiger partial charge on any atom is -0.291 e. The summed E-state index contributed by atoms with van der Waals surface area (Å²) in [6.45, 7) is 5.53. The summed E-state index contributed by atoms with van der Waals surface area (Å²) in [5.74, 6) is 0.211. The second-order valence-corrected chi connectivity index (χ2v) is 2.91. The van der Waals surface area contributed by atoms with Gasteiger partial charge in [0.25, 0.3) is 5.91 Å². The van der Waals surface area contributed by atoms with Crippen LogP contribution in [0.4, 0.5) is 5.95 Å². The molecule has 1 rings (SSSR count). The molecule has 1 heterocycles. The zero-order valence-electron chi connectivity index (χ0n) is 7.88. The molecule has 0 atom stereocenters. The average molecular weight is 180 g/mol. The van der Waals surface area contributed by atoms with Gasteiger partial charge in [-0.1, -0.05) is 5.57 Å². The van der Waals surface area contributed by atoms with Gasteiger partial charge >= 0.3 is 0 Å². The maximum atomic E-state index is 11.4. The van der Waals surface area contributed by atoms with Crippen molar-refractivity contribution in [2.75, 3.05) is 5.32 Å². The molecule has 5 heteroatoms. The molecule has 0 aromatic carbocycles. The van der Waals surface area contributed by atoms with E-state index in [4.69, 9.17) is 0 Å². The standard InChI is InChI=1S/C8H12N4O/c1-5(2)6(3)7(13)11-8-9-4-10-12-8/h4H,1-3H3,(H2,9,10,11,12,13). The first-order valence-electron chi connectivity index (χ1n) is 3.92. The lowest BCUT2D eigenvalue weighted by atomic mass is 10.2. The number of anilines is 1. The van der Waals surface area contributed by atoms with Gasteiger partial charge in [0.15, 0.2) is 0 Å². The molecule has 0 aliphatic rings. The highest BCUT2D eigenvalue weighted by molar-refractivity contribution is 6.02. The molecule has 0 unspecified atom stereocenters. The molecule has 13 heavy (non-hydrogen) atoms. The van der Waals surface area contributed by atoms with Crippen molar-refractivity contribution in [3.8, 4) is 0 Å². The number of aromatic amines is 1. The van der Waals surface area contributed by atoms with Gasteiger partial charge in [-0.3, -0.25) is 10.1 Å². The molecule has 0 saturated heterocycles. The van der Waals surface area contributed by atoms with Crippen LogP contribution in [0.5, 0.6) is 0 Å². The normalized spacial score (nSPS) is 9.46. The maximum absolute atomic E-state index is 11.4. The summed E-state index contributed by atoms with van der Waals surface area (Å²) in [4.78, 5) is 15.2. The van der Waals surface area contributed by atoms with Crippen molar-refractivity contribution in [1.29, 1.82) is 0 Å². The number of amides is 1. The predicted molar refractivity (Wildman–Crippen MR) is 49.1 cm³/mol. The summed E-state index contributed by atoms with van der Waals surface area (Å²) in [5.41, 5.74) is 1.67. The minimum atomic E-state index is -0.156. The van der Waals surface area contributed by atoms with Gasteiger partial charge in [0.05, 0.1) is 0 Å². The molecular weight excluding hydrogens is 168 g/mol. The first kappa shape index (κ1) is 9.44. The molecule has 0 aliphatic carbocycles. The fraction of sp³-hybridized carbons (Fsp3) is 0.375. The lowest BCUT2D eigenvalue weighted by Crippen LogP contribution is -2.14. The molecule has 1 aromatic rings. The molecule has 0 spiro atoms. The second kappa shape index (κ2) is 3.84. The highest BCUT2D eigenvalue weighted by Crippen LogP contribution is 2.04. The van der Waals surface area contributed by atoms with Gasteiger partial charge < -0.3 is 0 Å². The number of carbonyl (C=O) groups excluding carboxylic acids is 1. The van der Waals surface area contributed by atoms with Crippen LogP contribution in [0.1, 0.15) is 20.8 Å². The summed E-state index contributed by atoms with van der Waals surface area (Å²) in [5, 5.41) is 8.74. The Morgan fingerprint density at radius 1 is 1.46 bits per heavy atom. The molecule has 1 aromatic heterocycles. The molecule has 0 radical (unpaired) electrons. The summed E-state index contributed by atoms with van der Waals surface area (Å²) < 4.78 is 0. The quantitative estimate of drug-likeness (QED) is 0.669. The van der Waals surface area contributed by atoms with Gasteiger partial charge in [-0.25, -0.2) is 5.10 Å². The monoisotopic (exact) mass is 180 g/mol. The van der Waals surface area contributed by atoms with E-state index in [2.05, 4.69) is 20.5 Å². The van der Waals surface area contributed by atoms with Crippen molar-refractivity contribution in [3.63, 3.8) is 0 Å². The van der Waals surface area contributed by atoms with E-state index in [9.17, 15) is 4.79 Å². The molecule has 1 amide bonds. The van der Waals surface area contributed by atoms with Crippen molar-refractivity contribution >= 4 is 11.9 Å². The molecule has 0 saturated carbocycles. The third kappa shape index (κ3) is 2.40. The Balaban J connectivity index is 2.67. The Labute approximate surface area is 76.3 Å². The number of nitrogens with one attached hydrogen (secondary N) is 2. The lowest BCUT2D eigenvalue weighted by Gasteiger charge is -2.02. The predicted octanol–water partition coefficient (Wildman–Crippen LogP) is 1.10. The number of carbonyl (C=O) groups is 1. The van der Waals surface area contributed by atoms with Gasteiger partial charge in [-0.05, 0) is 20.8 Å². The van der Waals surface area contributed by atoms with Crippen LogP contribution < -0.4 is 5.32 Å². The van der Waals surface area contributed by atoms with Crippen LogP contribution in [0.2, 0.25) is 0 Å². The van der Waals surface area contributed by atoms with E-state index in [1.54, 1.807) is 6.92 Å². The van der Waals surface area contributed by atoms with Crippen LogP contribution in [0, 0.1) is 0 Å². The van der Waals surface area contributed by atoms with Gasteiger partial charge in [-0.15, -0.1) is 0 Å². The Morgan fingerprint density at radius 2 is 2.15 bits per heavy atom. The van der Waals surface area contributed by atoms with Crippen LogP contribution >= 0.6 is 0 Å². The Hall–Kier alpha value is -1.65. The van der Waals surface area contributed by atoms with Crippen LogP contribution in [0.15, 0.2) is 17.5 Å². The van der Waals surface area contributed by atoms with Crippen molar-refractivity contribution in [3.05, 3.63) is 17.5 Å². The zero-order valence-corrected chi connectivity index (χ0v) is 7.88. The highest BCUT2D eigenvalue weighted by Gasteiger charge is 2.06. The number of nitrogens with zero attached hydrogens (tertiary/aromatic N) is 2. The summed E-state index contributed by atoms with van der Waals surface area (Å²) in [6, 6.07) is 0. The zero-order chi connectivity index (χ0) is 9.84. The smallest absolute Gasteiger partial charge is 0.253 e. The number of hydrogen-bond acceptors (Lipinski definition) is 3. The third-order valence-corrected chi connectivity index (χ3v) is 1.74. The van der Waals surface area contributed by atoms with E-state index in [1.807, 2.05) is 13.8 Å². The van der Waals surface area contributed by atoms with Gasteiger partial charge in [-0.2, -0.15) is 10.1 Å². The SMILES string of the molecule is CC(C)=C(C)C(=O)Nc1ncn[nH]1. The molecule has 70 valence electrons. The maximum Gasteiger partial charge on any atom is 0.253 e. The van der Waals surface area contributed by atoms with E-state index in [-0.39, 0.29) is 5.91 Å². The van der Waals surface area contributed by atoms with E-state index >= 15 is 0 Å². The van der Waals surface area contributed by atoms with E-state index < -0.39 is 0 Å². The van der Waals surface area contributed by atoms with Crippen LogP contribution in [-0.4, -0.2) is 21.1 Å². The highest BCUT2D eigenvalue weighted by atomic mass is 16.1. The molecule has 0 aliphatic heterocycles. The van der Waals surface area contributed by atoms with Crippen LogP contribution in [-0.2, 0) is 4.79 Å². The van der Waals surface area contributed by atoms with Gasteiger partial charge in [0, 0.05) is 5.57 Å².